The lowest BCUT2D eigenvalue weighted by Gasteiger charge is -2.07. The van der Waals surface area contributed by atoms with E-state index in [-0.39, 0.29) is 0 Å². The first-order valence-corrected chi connectivity index (χ1v) is 4.74. The van der Waals surface area contributed by atoms with Crippen LogP contribution in [0.25, 0.3) is 0 Å². The van der Waals surface area contributed by atoms with Gasteiger partial charge in [-0.1, -0.05) is 25.1 Å². The van der Waals surface area contributed by atoms with Crippen molar-refractivity contribution in [3.05, 3.63) is 11.6 Å². The molecule has 0 saturated heterocycles. The van der Waals surface area contributed by atoms with Gasteiger partial charge in [-0.05, 0) is 13.0 Å². The first-order valence-electron chi connectivity index (χ1n) is 3.31. The summed E-state index contributed by atoms with van der Waals surface area (Å²) in [6.07, 6.45) is 1.05. The largest absolute Gasteiger partial charge is 0.330 e. The molecule has 0 bridgehead atoms. The van der Waals surface area contributed by atoms with Crippen LogP contribution in [0, 0.1) is 0 Å². The Kier molecular flexibility index (Phi) is 6.28. The van der Waals surface area contributed by atoms with E-state index in [0.717, 1.165) is 18.7 Å². The van der Waals surface area contributed by atoms with Gasteiger partial charge < -0.3 is 5.73 Å². The fraction of sp³-hybridized carbons (Fsp3) is 0.714. The van der Waals surface area contributed by atoms with Gasteiger partial charge in [-0.2, -0.15) is 11.8 Å². The van der Waals surface area contributed by atoms with Gasteiger partial charge in [0, 0.05) is 16.0 Å². The van der Waals surface area contributed by atoms with Crippen molar-refractivity contribution in [3.63, 3.8) is 0 Å². The van der Waals surface area contributed by atoms with Crippen LogP contribution in [0.5, 0.6) is 0 Å². The number of nitrogens with two attached hydrogens (primary N) is 1. The first-order chi connectivity index (χ1) is 4.66. The normalized spacial score (nSPS) is 13.1. The van der Waals surface area contributed by atoms with Gasteiger partial charge in [0.25, 0.3) is 0 Å². The molecule has 0 aliphatic carbocycles. The Bertz CT molecular complexity index is 106. The van der Waals surface area contributed by atoms with Crippen molar-refractivity contribution in [2.75, 3.05) is 12.3 Å². The number of halogens is 1. The highest BCUT2D eigenvalue weighted by Gasteiger charge is 2.00. The molecule has 0 aromatic carbocycles. The summed E-state index contributed by atoms with van der Waals surface area (Å²) >= 11 is 7.37. The molecule has 0 heterocycles. The number of thioether (sulfide) groups is 1. The van der Waals surface area contributed by atoms with Gasteiger partial charge in [-0.25, -0.2) is 0 Å². The van der Waals surface area contributed by atoms with E-state index < -0.39 is 0 Å². The molecular formula is C7H14ClNS. The molecule has 0 aromatic rings. The summed E-state index contributed by atoms with van der Waals surface area (Å²) in [6.45, 7) is 6.50. The Morgan fingerprint density at radius 1 is 1.80 bits per heavy atom. The number of hydrogen-bond donors (Lipinski definition) is 1. The molecule has 0 radical (unpaired) electrons. The molecule has 3 heteroatoms. The minimum atomic E-state index is 0.598. The Labute approximate surface area is 72.0 Å². The summed E-state index contributed by atoms with van der Waals surface area (Å²) < 4.78 is 0. The molecule has 0 amide bonds. The fourth-order valence-electron chi connectivity index (χ4n) is 0.551. The Hall–Kier alpha value is 0.340. The summed E-state index contributed by atoms with van der Waals surface area (Å²) in [5.74, 6) is 0.836. The molecule has 10 heavy (non-hydrogen) atoms. The van der Waals surface area contributed by atoms with Gasteiger partial charge >= 0.3 is 0 Å². The predicted octanol–water partition coefficient (Wildman–Crippen LogP) is 2.21. The van der Waals surface area contributed by atoms with Crippen molar-refractivity contribution in [1.82, 2.24) is 0 Å². The molecule has 60 valence electrons. The lowest BCUT2D eigenvalue weighted by atomic mass is 10.3. The highest BCUT2D eigenvalue weighted by molar-refractivity contribution is 8.00. The van der Waals surface area contributed by atoms with E-state index in [1.165, 1.54) is 0 Å². The van der Waals surface area contributed by atoms with Crippen molar-refractivity contribution in [2.24, 2.45) is 5.73 Å². The smallest absolute Gasteiger partial charge is 0.0289 e. The molecule has 0 saturated carbocycles. The monoisotopic (exact) mass is 179 g/mol. The van der Waals surface area contributed by atoms with Gasteiger partial charge in [-0.15, -0.1) is 0 Å². The minimum absolute atomic E-state index is 0.598. The zero-order chi connectivity index (χ0) is 7.98. The molecule has 0 rings (SSSR count). The van der Waals surface area contributed by atoms with Crippen molar-refractivity contribution in [2.45, 2.75) is 18.6 Å². The van der Waals surface area contributed by atoms with Gasteiger partial charge in [-0.3, -0.25) is 0 Å². The van der Waals surface area contributed by atoms with E-state index in [1.54, 1.807) is 11.8 Å². The van der Waals surface area contributed by atoms with Crippen LogP contribution in [0.15, 0.2) is 11.6 Å². The van der Waals surface area contributed by atoms with Gasteiger partial charge in [0.15, 0.2) is 0 Å². The maximum absolute atomic E-state index is 5.58. The molecule has 0 aromatic heterocycles. The van der Waals surface area contributed by atoms with Crippen LogP contribution in [-0.4, -0.2) is 17.5 Å². The third-order valence-corrected chi connectivity index (χ3v) is 2.71. The Morgan fingerprint density at radius 2 is 2.40 bits per heavy atom. The third-order valence-electron chi connectivity index (χ3n) is 1.10. The van der Waals surface area contributed by atoms with Crippen LogP contribution in [0.3, 0.4) is 0 Å². The SMILES string of the molecule is C=C(Cl)CSC(C)CCN. The first kappa shape index (κ1) is 10.3. The van der Waals surface area contributed by atoms with Crippen LogP contribution in [0.1, 0.15) is 13.3 Å². The van der Waals surface area contributed by atoms with E-state index >= 15 is 0 Å². The summed E-state index contributed by atoms with van der Waals surface area (Å²) in [5, 5.41) is 1.31. The van der Waals surface area contributed by atoms with E-state index in [4.69, 9.17) is 17.3 Å². The van der Waals surface area contributed by atoms with E-state index in [0.29, 0.717) is 10.3 Å². The van der Waals surface area contributed by atoms with Crippen molar-refractivity contribution >= 4 is 23.4 Å². The standard InChI is InChI=1S/C7H14ClNS/c1-6(8)5-10-7(2)3-4-9/h7H,1,3-5,9H2,2H3. The zero-order valence-electron chi connectivity index (χ0n) is 6.27. The maximum Gasteiger partial charge on any atom is 0.0289 e. The average Bonchev–Trinajstić information content (AvgIpc) is 1.85. The summed E-state index contributed by atoms with van der Waals surface area (Å²) in [7, 11) is 0. The van der Waals surface area contributed by atoms with Crippen molar-refractivity contribution < 1.29 is 0 Å². The second-order valence-electron chi connectivity index (χ2n) is 2.22. The van der Waals surface area contributed by atoms with E-state index in [2.05, 4.69) is 13.5 Å². The van der Waals surface area contributed by atoms with Crippen LogP contribution >= 0.6 is 23.4 Å². The highest BCUT2D eigenvalue weighted by Crippen LogP contribution is 2.17. The van der Waals surface area contributed by atoms with Crippen molar-refractivity contribution in [1.29, 1.82) is 0 Å². The summed E-state index contributed by atoms with van der Waals surface area (Å²) in [4.78, 5) is 0. The molecule has 0 fully saturated rings. The lowest BCUT2D eigenvalue weighted by Crippen LogP contribution is -2.07. The van der Waals surface area contributed by atoms with Gasteiger partial charge in [0.2, 0.25) is 0 Å². The van der Waals surface area contributed by atoms with Crippen LogP contribution in [0.2, 0.25) is 0 Å². The Morgan fingerprint density at radius 3 is 2.80 bits per heavy atom. The number of rotatable bonds is 5. The molecule has 1 atom stereocenters. The Balaban J connectivity index is 3.21. The molecule has 0 aliphatic heterocycles. The van der Waals surface area contributed by atoms with Gasteiger partial charge in [0.05, 0.1) is 0 Å². The topological polar surface area (TPSA) is 26.0 Å². The molecule has 0 aliphatic rings. The summed E-state index contributed by atoms with van der Waals surface area (Å²) in [5.41, 5.74) is 5.37. The van der Waals surface area contributed by atoms with Gasteiger partial charge in [0.1, 0.15) is 0 Å². The van der Waals surface area contributed by atoms with E-state index in [9.17, 15) is 0 Å². The molecule has 1 unspecified atom stereocenters. The predicted molar refractivity (Wildman–Crippen MR) is 50.6 cm³/mol. The molecule has 2 N–H and O–H groups in total. The zero-order valence-corrected chi connectivity index (χ0v) is 7.84. The average molecular weight is 180 g/mol. The van der Waals surface area contributed by atoms with Crippen LogP contribution in [-0.2, 0) is 0 Å². The van der Waals surface area contributed by atoms with Crippen molar-refractivity contribution in [3.8, 4) is 0 Å². The third kappa shape index (κ3) is 6.46. The fourth-order valence-corrected chi connectivity index (χ4v) is 1.51. The second kappa shape index (κ2) is 6.08. The summed E-state index contributed by atoms with van der Waals surface area (Å²) in [6, 6.07) is 0. The quantitative estimate of drug-likeness (QED) is 0.701. The minimum Gasteiger partial charge on any atom is -0.330 e. The molecular weight excluding hydrogens is 166 g/mol. The molecule has 0 spiro atoms. The molecule has 1 nitrogen and oxygen atoms in total. The van der Waals surface area contributed by atoms with E-state index in [1.807, 2.05) is 0 Å². The lowest BCUT2D eigenvalue weighted by molar-refractivity contribution is 0.824. The second-order valence-corrected chi connectivity index (χ2v) is 4.18. The van der Waals surface area contributed by atoms with Crippen LogP contribution < -0.4 is 5.73 Å². The highest BCUT2D eigenvalue weighted by atomic mass is 35.5. The van der Waals surface area contributed by atoms with Crippen LogP contribution in [0.4, 0.5) is 0 Å². The maximum atomic E-state index is 5.58. The number of hydrogen-bond acceptors (Lipinski definition) is 2.